The molecule has 2 nitrogen and oxygen atoms in total. The van der Waals surface area contributed by atoms with Crippen molar-refractivity contribution in [1.82, 2.24) is 10.3 Å². The van der Waals surface area contributed by atoms with Crippen molar-refractivity contribution in [2.45, 2.75) is 19.3 Å². The highest BCUT2D eigenvalue weighted by Gasteiger charge is 2.19. The number of hydrogen-bond acceptors (Lipinski definition) is 2. The van der Waals surface area contributed by atoms with Gasteiger partial charge in [0.15, 0.2) is 0 Å². The number of aryl methyl sites for hydroxylation is 1. The first-order chi connectivity index (χ1) is 6.27. The summed E-state index contributed by atoms with van der Waals surface area (Å²) in [6, 6.07) is 2.14. The van der Waals surface area contributed by atoms with E-state index in [2.05, 4.69) is 39.2 Å². The van der Waals surface area contributed by atoms with Gasteiger partial charge < -0.3 is 5.32 Å². The number of halogens is 1. The van der Waals surface area contributed by atoms with E-state index in [9.17, 15) is 0 Å². The molecule has 1 saturated heterocycles. The predicted octanol–water partition coefficient (Wildman–Crippen LogP) is 2.23. The van der Waals surface area contributed by atoms with Gasteiger partial charge in [-0.2, -0.15) is 0 Å². The number of rotatable bonds is 1. The summed E-state index contributed by atoms with van der Waals surface area (Å²) in [5.74, 6) is 0.619. The third kappa shape index (κ3) is 1.92. The Hall–Kier alpha value is -0.410. The van der Waals surface area contributed by atoms with E-state index in [1.165, 1.54) is 17.7 Å². The lowest BCUT2D eigenvalue weighted by Crippen LogP contribution is -2.09. The first-order valence-corrected chi connectivity index (χ1v) is 5.39. The van der Waals surface area contributed by atoms with Crippen LogP contribution in [-0.4, -0.2) is 18.1 Å². The van der Waals surface area contributed by atoms with Crippen molar-refractivity contribution in [3.63, 3.8) is 0 Å². The summed E-state index contributed by atoms with van der Waals surface area (Å²) in [5.41, 5.74) is 2.55. The Morgan fingerprint density at radius 1 is 1.62 bits per heavy atom. The molecule has 0 spiro atoms. The Balaban J connectivity index is 2.29. The Morgan fingerprint density at radius 2 is 2.46 bits per heavy atom. The van der Waals surface area contributed by atoms with Gasteiger partial charge in [-0.05, 0) is 47.4 Å². The number of nitrogens with zero attached hydrogens (tertiary/aromatic N) is 1. The fourth-order valence-electron chi connectivity index (χ4n) is 1.87. The Bertz CT molecular complexity index is 306. The molecule has 2 rings (SSSR count). The van der Waals surface area contributed by atoms with E-state index in [0.717, 1.165) is 17.6 Å². The van der Waals surface area contributed by atoms with Crippen molar-refractivity contribution in [2.75, 3.05) is 13.1 Å². The van der Waals surface area contributed by atoms with Gasteiger partial charge in [0.05, 0.1) is 0 Å². The fourth-order valence-corrected chi connectivity index (χ4v) is 2.31. The minimum absolute atomic E-state index is 0.619. The zero-order valence-electron chi connectivity index (χ0n) is 7.68. The molecule has 0 aliphatic carbocycles. The topological polar surface area (TPSA) is 24.9 Å². The van der Waals surface area contributed by atoms with E-state index >= 15 is 0 Å². The van der Waals surface area contributed by atoms with Crippen LogP contribution in [0.5, 0.6) is 0 Å². The average molecular weight is 241 g/mol. The summed E-state index contributed by atoms with van der Waals surface area (Å²) in [4.78, 5) is 4.47. The molecule has 0 bridgehead atoms. The SMILES string of the molecule is Cc1cc(Br)cnc1C1CCNC1. The van der Waals surface area contributed by atoms with E-state index in [1.54, 1.807) is 0 Å². The third-order valence-corrected chi connectivity index (χ3v) is 2.97. The van der Waals surface area contributed by atoms with Gasteiger partial charge in [0.1, 0.15) is 0 Å². The highest BCUT2D eigenvalue weighted by atomic mass is 79.9. The summed E-state index contributed by atoms with van der Waals surface area (Å²) in [6.45, 7) is 4.34. The van der Waals surface area contributed by atoms with Crippen LogP contribution in [-0.2, 0) is 0 Å². The maximum absolute atomic E-state index is 4.47. The van der Waals surface area contributed by atoms with Crippen LogP contribution < -0.4 is 5.32 Å². The van der Waals surface area contributed by atoms with E-state index in [-0.39, 0.29) is 0 Å². The fraction of sp³-hybridized carbons (Fsp3) is 0.500. The van der Waals surface area contributed by atoms with Crippen molar-refractivity contribution < 1.29 is 0 Å². The molecule has 70 valence electrons. The van der Waals surface area contributed by atoms with Gasteiger partial charge in [-0.15, -0.1) is 0 Å². The molecule has 2 heterocycles. The molecule has 1 aromatic rings. The summed E-state index contributed by atoms with van der Waals surface area (Å²) >= 11 is 3.43. The van der Waals surface area contributed by atoms with Crippen LogP contribution in [0, 0.1) is 6.92 Å². The number of nitrogens with one attached hydrogen (secondary N) is 1. The van der Waals surface area contributed by atoms with Gasteiger partial charge in [-0.25, -0.2) is 0 Å². The van der Waals surface area contributed by atoms with Gasteiger partial charge in [-0.3, -0.25) is 4.98 Å². The van der Waals surface area contributed by atoms with Crippen molar-refractivity contribution in [3.8, 4) is 0 Å². The molecule has 1 atom stereocenters. The van der Waals surface area contributed by atoms with Crippen LogP contribution in [0.25, 0.3) is 0 Å². The second-order valence-corrected chi connectivity index (χ2v) is 4.46. The van der Waals surface area contributed by atoms with E-state index in [1.807, 2.05) is 6.20 Å². The maximum Gasteiger partial charge on any atom is 0.0477 e. The zero-order chi connectivity index (χ0) is 9.26. The van der Waals surface area contributed by atoms with E-state index < -0.39 is 0 Å². The monoisotopic (exact) mass is 240 g/mol. The molecule has 0 amide bonds. The molecule has 1 N–H and O–H groups in total. The van der Waals surface area contributed by atoms with Crippen LogP contribution in [0.15, 0.2) is 16.7 Å². The second kappa shape index (κ2) is 3.76. The normalized spacial score (nSPS) is 22.2. The molecule has 1 aliphatic heterocycles. The number of pyridine rings is 1. The number of hydrogen-bond donors (Lipinski definition) is 1. The van der Waals surface area contributed by atoms with Gasteiger partial charge in [0.25, 0.3) is 0 Å². The van der Waals surface area contributed by atoms with Crippen LogP contribution in [0.4, 0.5) is 0 Å². The quantitative estimate of drug-likeness (QED) is 0.815. The summed E-state index contributed by atoms with van der Waals surface area (Å²) in [7, 11) is 0. The lowest BCUT2D eigenvalue weighted by atomic mass is 10.0. The molecule has 13 heavy (non-hydrogen) atoms. The van der Waals surface area contributed by atoms with Gasteiger partial charge in [0.2, 0.25) is 0 Å². The molecular formula is C10H13BrN2. The lowest BCUT2D eigenvalue weighted by molar-refractivity contribution is 0.727. The Labute approximate surface area is 86.9 Å². The summed E-state index contributed by atoms with van der Waals surface area (Å²) in [5, 5.41) is 3.36. The van der Waals surface area contributed by atoms with Gasteiger partial charge in [0, 0.05) is 28.8 Å². The smallest absolute Gasteiger partial charge is 0.0477 e. The van der Waals surface area contributed by atoms with Crippen LogP contribution >= 0.6 is 15.9 Å². The lowest BCUT2D eigenvalue weighted by Gasteiger charge is -2.10. The van der Waals surface area contributed by atoms with Crippen molar-refractivity contribution in [1.29, 1.82) is 0 Å². The van der Waals surface area contributed by atoms with Gasteiger partial charge >= 0.3 is 0 Å². The molecule has 1 unspecified atom stereocenters. The minimum atomic E-state index is 0.619. The van der Waals surface area contributed by atoms with E-state index in [4.69, 9.17) is 0 Å². The van der Waals surface area contributed by atoms with Crippen LogP contribution in [0.1, 0.15) is 23.6 Å². The Morgan fingerprint density at radius 3 is 3.08 bits per heavy atom. The van der Waals surface area contributed by atoms with Crippen LogP contribution in [0.2, 0.25) is 0 Å². The largest absolute Gasteiger partial charge is 0.316 e. The van der Waals surface area contributed by atoms with Crippen molar-refractivity contribution >= 4 is 15.9 Å². The zero-order valence-corrected chi connectivity index (χ0v) is 9.26. The second-order valence-electron chi connectivity index (χ2n) is 3.55. The molecule has 0 saturated carbocycles. The first kappa shape index (κ1) is 9.16. The molecular weight excluding hydrogens is 228 g/mol. The average Bonchev–Trinajstić information content (AvgIpc) is 2.56. The van der Waals surface area contributed by atoms with Crippen LogP contribution in [0.3, 0.4) is 0 Å². The molecule has 0 radical (unpaired) electrons. The van der Waals surface area contributed by atoms with Crippen molar-refractivity contribution in [3.05, 3.63) is 28.0 Å². The maximum atomic E-state index is 4.47. The highest BCUT2D eigenvalue weighted by molar-refractivity contribution is 9.10. The predicted molar refractivity (Wildman–Crippen MR) is 56.9 cm³/mol. The molecule has 1 aliphatic rings. The van der Waals surface area contributed by atoms with E-state index in [0.29, 0.717) is 5.92 Å². The molecule has 3 heteroatoms. The van der Waals surface area contributed by atoms with Gasteiger partial charge in [-0.1, -0.05) is 0 Å². The third-order valence-electron chi connectivity index (χ3n) is 2.53. The number of aromatic nitrogens is 1. The molecule has 1 aromatic heterocycles. The minimum Gasteiger partial charge on any atom is -0.316 e. The molecule has 1 fully saturated rings. The van der Waals surface area contributed by atoms with Crippen molar-refractivity contribution in [2.24, 2.45) is 0 Å². The first-order valence-electron chi connectivity index (χ1n) is 4.60. The molecule has 0 aromatic carbocycles. The highest BCUT2D eigenvalue weighted by Crippen LogP contribution is 2.24. The summed E-state index contributed by atoms with van der Waals surface area (Å²) < 4.78 is 1.07. The Kier molecular flexibility index (Phi) is 2.65. The standard InChI is InChI=1S/C10H13BrN2/c1-7-4-9(11)6-13-10(7)8-2-3-12-5-8/h4,6,8,12H,2-3,5H2,1H3. The summed E-state index contributed by atoms with van der Waals surface area (Å²) in [6.07, 6.45) is 3.11.